The molecular weight excluding hydrogens is 302 g/mol. The summed E-state index contributed by atoms with van der Waals surface area (Å²) in [7, 11) is 1.73. The first-order valence-electron chi connectivity index (χ1n) is 5.87. The molecule has 0 aliphatic heterocycles. The molecule has 94 valence electrons. The lowest BCUT2D eigenvalue weighted by atomic mass is 10.1. The molecule has 1 fully saturated rings. The normalized spacial score (nSPS) is 22.8. The van der Waals surface area contributed by atoms with Crippen LogP contribution in [-0.2, 0) is 4.74 Å². The van der Waals surface area contributed by atoms with E-state index in [1.165, 1.54) is 12.0 Å². The van der Waals surface area contributed by atoms with Crippen LogP contribution in [0.2, 0.25) is 5.02 Å². The van der Waals surface area contributed by atoms with E-state index in [1.807, 2.05) is 6.07 Å². The van der Waals surface area contributed by atoms with Gasteiger partial charge in [-0.1, -0.05) is 17.7 Å². The van der Waals surface area contributed by atoms with Crippen molar-refractivity contribution in [3.8, 4) is 0 Å². The highest BCUT2D eigenvalue weighted by Crippen LogP contribution is 2.47. The Balaban J connectivity index is 1.79. The molecule has 1 aromatic carbocycles. The Kier molecular flexibility index (Phi) is 4.86. The molecule has 0 amide bonds. The van der Waals surface area contributed by atoms with E-state index in [-0.39, 0.29) is 0 Å². The fourth-order valence-corrected chi connectivity index (χ4v) is 2.52. The minimum absolute atomic E-state index is 0.677. The summed E-state index contributed by atoms with van der Waals surface area (Å²) in [5, 5.41) is 4.21. The Morgan fingerprint density at radius 1 is 1.53 bits per heavy atom. The SMILES string of the molecule is COCCNCC1CC1c1ccc(Br)c(Cl)c1. The minimum Gasteiger partial charge on any atom is -0.383 e. The molecule has 2 unspecified atom stereocenters. The Bertz CT molecular complexity index is 386. The molecule has 2 atom stereocenters. The summed E-state index contributed by atoms with van der Waals surface area (Å²) in [6, 6.07) is 6.27. The summed E-state index contributed by atoms with van der Waals surface area (Å²) < 4.78 is 5.97. The van der Waals surface area contributed by atoms with Gasteiger partial charge in [-0.15, -0.1) is 0 Å². The summed E-state index contributed by atoms with van der Waals surface area (Å²) in [4.78, 5) is 0. The molecule has 1 aromatic rings. The lowest BCUT2D eigenvalue weighted by Crippen LogP contribution is -2.21. The maximum Gasteiger partial charge on any atom is 0.0587 e. The number of benzene rings is 1. The zero-order valence-corrected chi connectivity index (χ0v) is 12.2. The van der Waals surface area contributed by atoms with Gasteiger partial charge in [-0.3, -0.25) is 0 Å². The van der Waals surface area contributed by atoms with Gasteiger partial charge in [-0.2, -0.15) is 0 Å². The van der Waals surface area contributed by atoms with Gasteiger partial charge >= 0.3 is 0 Å². The average molecular weight is 319 g/mol. The fraction of sp³-hybridized carbons (Fsp3) is 0.538. The second-order valence-corrected chi connectivity index (χ2v) is 5.73. The standard InChI is InChI=1S/C13H17BrClNO/c1-17-5-4-16-8-10-6-11(10)9-2-3-12(14)13(15)7-9/h2-3,7,10-11,16H,4-6,8H2,1H3. The molecule has 1 saturated carbocycles. The van der Waals surface area contributed by atoms with E-state index in [0.29, 0.717) is 5.92 Å². The molecule has 1 aliphatic rings. The monoisotopic (exact) mass is 317 g/mol. The van der Waals surface area contributed by atoms with Crippen LogP contribution in [0.4, 0.5) is 0 Å². The van der Waals surface area contributed by atoms with Gasteiger partial charge < -0.3 is 10.1 Å². The molecule has 0 radical (unpaired) electrons. The van der Waals surface area contributed by atoms with Crippen molar-refractivity contribution in [1.82, 2.24) is 5.32 Å². The number of halogens is 2. The van der Waals surface area contributed by atoms with Crippen LogP contribution >= 0.6 is 27.5 Å². The minimum atomic E-state index is 0.677. The van der Waals surface area contributed by atoms with Crippen molar-refractivity contribution in [2.75, 3.05) is 26.8 Å². The van der Waals surface area contributed by atoms with Crippen LogP contribution in [-0.4, -0.2) is 26.8 Å². The first-order valence-corrected chi connectivity index (χ1v) is 7.04. The fourth-order valence-electron chi connectivity index (χ4n) is 2.09. The third-order valence-corrected chi connectivity index (χ3v) is 4.42. The van der Waals surface area contributed by atoms with E-state index in [2.05, 4.69) is 33.4 Å². The number of nitrogens with one attached hydrogen (secondary N) is 1. The number of hydrogen-bond acceptors (Lipinski definition) is 2. The summed E-state index contributed by atoms with van der Waals surface area (Å²) >= 11 is 9.51. The van der Waals surface area contributed by atoms with E-state index >= 15 is 0 Å². The van der Waals surface area contributed by atoms with Crippen molar-refractivity contribution >= 4 is 27.5 Å². The highest BCUT2D eigenvalue weighted by molar-refractivity contribution is 9.10. The zero-order valence-electron chi connectivity index (χ0n) is 9.88. The number of ether oxygens (including phenoxy) is 1. The molecule has 17 heavy (non-hydrogen) atoms. The Morgan fingerprint density at radius 2 is 2.35 bits per heavy atom. The summed E-state index contributed by atoms with van der Waals surface area (Å²) in [5.74, 6) is 1.43. The topological polar surface area (TPSA) is 21.3 Å². The molecule has 0 heterocycles. The summed E-state index contributed by atoms with van der Waals surface area (Å²) in [6.45, 7) is 2.78. The predicted octanol–water partition coefficient (Wildman–Crippen LogP) is 3.44. The maximum atomic E-state index is 6.10. The molecular formula is C13H17BrClNO. The third-order valence-electron chi connectivity index (χ3n) is 3.18. The van der Waals surface area contributed by atoms with Gasteiger partial charge in [0.05, 0.1) is 11.6 Å². The van der Waals surface area contributed by atoms with Crippen LogP contribution in [0.1, 0.15) is 17.9 Å². The van der Waals surface area contributed by atoms with Gasteiger partial charge in [0.2, 0.25) is 0 Å². The van der Waals surface area contributed by atoms with Gasteiger partial charge in [0, 0.05) is 18.1 Å². The lowest BCUT2D eigenvalue weighted by molar-refractivity contribution is 0.199. The van der Waals surface area contributed by atoms with Crippen LogP contribution in [0.5, 0.6) is 0 Å². The van der Waals surface area contributed by atoms with Crippen LogP contribution < -0.4 is 5.32 Å². The lowest BCUT2D eigenvalue weighted by Gasteiger charge is -2.04. The number of rotatable bonds is 6. The third kappa shape index (κ3) is 3.68. The van der Waals surface area contributed by atoms with E-state index in [4.69, 9.17) is 16.3 Å². The molecule has 0 saturated heterocycles. The van der Waals surface area contributed by atoms with Gasteiger partial charge in [0.15, 0.2) is 0 Å². The number of methoxy groups -OCH3 is 1. The highest BCUT2D eigenvalue weighted by Gasteiger charge is 2.37. The second-order valence-electron chi connectivity index (χ2n) is 4.47. The Labute approximate surface area is 116 Å². The van der Waals surface area contributed by atoms with Crippen molar-refractivity contribution in [2.45, 2.75) is 12.3 Å². The first-order chi connectivity index (χ1) is 8.22. The number of hydrogen-bond donors (Lipinski definition) is 1. The molecule has 0 aromatic heterocycles. The van der Waals surface area contributed by atoms with Crippen molar-refractivity contribution in [3.63, 3.8) is 0 Å². The molecule has 1 N–H and O–H groups in total. The van der Waals surface area contributed by atoms with Crippen LogP contribution in [0, 0.1) is 5.92 Å². The summed E-state index contributed by atoms with van der Waals surface area (Å²) in [5.41, 5.74) is 1.36. The van der Waals surface area contributed by atoms with Gasteiger partial charge in [-0.25, -0.2) is 0 Å². The van der Waals surface area contributed by atoms with E-state index in [1.54, 1.807) is 7.11 Å². The largest absolute Gasteiger partial charge is 0.383 e. The van der Waals surface area contributed by atoms with Crippen LogP contribution in [0.15, 0.2) is 22.7 Å². The smallest absolute Gasteiger partial charge is 0.0587 e. The molecule has 2 nitrogen and oxygen atoms in total. The van der Waals surface area contributed by atoms with Gasteiger partial charge in [0.1, 0.15) is 0 Å². The molecule has 4 heteroatoms. The van der Waals surface area contributed by atoms with E-state index < -0.39 is 0 Å². The summed E-state index contributed by atoms with van der Waals surface area (Å²) in [6.07, 6.45) is 1.26. The van der Waals surface area contributed by atoms with Crippen molar-refractivity contribution in [1.29, 1.82) is 0 Å². The second kappa shape index (κ2) is 6.19. The van der Waals surface area contributed by atoms with Crippen LogP contribution in [0.3, 0.4) is 0 Å². The highest BCUT2D eigenvalue weighted by atomic mass is 79.9. The van der Waals surface area contributed by atoms with Gasteiger partial charge in [-0.05, 0) is 58.4 Å². The molecule has 0 spiro atoms. The van der Waals surface area contributed by atoms with Crippen molar-refractivity contribution < 1.29 is 4.74 Å². The van der Waals surface area contributed by atoms with Crippen molar-refractivity contribution in [3.05, 3.63) is 33.3 Å². The van der Waals surface area contributed by atoms with E-state index in [0.717, 1.165) is 35.1 Å². The Hall–Kier alpha value is -0.0900. The first kappa shape index (κ1) is 13.3. The molecule has 1 aliphatic carbocycles. The predicted molar refractivity (Wildman–Crippen MR) is 74.7 cm³/mol. The molecule has 2 rings (SSSR count). The van der Waals surface area contributed by atoms with Crippen molar-refractivity contribution in [2.24, 2.45) is 5.92 Å². The average Bonchev–Trinajstić information content (AvgIpc) is 3.08. The molecule has 0 bridgehead atoms. The zero-order chi connectivity index (χ0) is 12.3. The quantitative estimate of drug-likeness (QED) is 0.811. The van der Waals surface area contributed by atoms with Gasteiger partial charge in [0.25, 0.3) is 0 Å². The van der Waals surface area contributed by atoms with E-state index in [9.17, 15) is 0 Å². The maximum absolute atomic E-state index is 6.10. The van der Waals surface area contributed by atoms with Crippen LogP contribution in [0.25, 0.3) is 0 Å². The Morgan fingerprint density at radius 3 is 3.06 bits per heavy atom.